The molecule has 0 aliphatic heterocycles. The van der Waals surface area contributed by atoms with Gasteiger partial charge < -0.3 is 20.1 Å². The van der Waals surface area contributed by atoms with Crippen LogP contribution in [0.15, 0.2) is 23.1 Å². The van der Waals surface area contributed by atoms with Crippen molar-refractivity contribution < 1.29 is 15.0 Å². The van der Waals surface area contributed by atoms with E-state index in [-0.39, 0.29) is 0 Å². The molecule has 0 aliphatic carbocycles. The van der Waals surface area contributed by atoms with E-state index in [0.717, 1.165) is 5.82 Å². The molecular weight excluding hydrogens is 286 g/mol. The molecule has 0 unspecified atom stereocenters. The first-order valence-corrected chi connectivity index (χ1v) is 6.72. The minimum atomic E-state index is -1.46. The molecular formula is C15H17N3O4. The predicted octanol–water partition coefficient (Wildman–Crippen LogP) is 1.47. The molecule has 7 heteroatoms. The number of rotatable bonds is 4. The van der Waals surface area contributed by atoms with Crippen LogP contribution in [0.1, 0.15) is 22.8 Å². The van der Waals surface area contributed by atoms with Gasteiger partial charge in [-0.25, -0.2) is 9.78 Å². The molecule has 0 aromatic carbocycles. The van der Waals surface area contributed by atoms with Crippen molar-refractivity contribution in [3.8, 4) is 17.0 Å². The third kappa shape index (κ3) is 2.65. The zero-order valence-electron chi connectivity index (χ0n) is 12.5. The lowest BCUT2D eigenvalue weighted by Crippen LogP contribution is -2.20. The van der Waals surface area contributed by atoms with Crippen LogP contribution in [0.4, 0.5) is 5.82 Å². The molecule has 0 spiro atoms. The molecule has 0 aliphatic rings. The van der Waals surface area contributed by atoms with E-state index in [9.17, 15) is 14.7 Å². The van der Waals surface area contributed by atoms with Gasteiger partial charge in [0.05, 0.1) is 5.69 Å². The Balaban J connectivity index is 2.65. The van der Waals surface area contributed by atoms with Crippen molar-refractivity contribution in [1.29, 1.82) is 0 Å². The molecule has 22 heavy (non-hydrogen) atoms. The van der Waals surface area contributed by atoms with E-state index in [1.807, 2.05) is 19.0 Å². The Bertz CT molecular complexity index is 764. The van der Waals surface area contributed by atoms with Crippen LogP contribution in [0.5, 0.6) is 5.75 Å². The van der Waals surface area contributed by atoms with Crippen LogP contribution in [0.25, 0.3) is 11.3 Å². The van der Waals surface area contributed by atoms with Gasteiger partial charge in [0.25, 0.3) is 5.56 Å². The maximum absolute atomic E-state index is 11.9. The second kappa shape index (κ2) is 5.88. The van der Waals surface area contributed by atoms with Crippen molar-refractivity contribution >= 4 is 11.8 Å². The minimum absolute atomic E-state index is 0.369. The van der Waals surface area contributed by atoms with Crippen LogP contribution in [-0.4, -0.2) is 40.2 Å². The second-order valence-electron chi connectivity index (χ2n) is 4.99. The molecule has 0 bridgehead atoms. The summed E-state index contributed by atoms with van der Waals surface area (Å²) >= 11 is 0. The first-order chi connectivity index (χ1) is 10.4. The van der Waals surface area contributed by atoms with Gasteiger partial charge in [-0.3, -0.25) is 4.79 Å². The topological polar surface area (TPSA) is 107 Å². The van der Waals surface area contributed by atoms with Crippen LogP contribution in [0.3, 0.4) is 0 Å². The Morgan fingerprint density at radius 1 is 1.36 bits per heavy atom. The number of nitrogens with one attached hydrogen (secondary N) is 1. The highest BCUT2D eigenvalue weighted by molar-refractivity contribution is 5.91. The van der Waals surface area contributed by atoms with Crippen LogP contribution in [0.2, 0.25) is 0 Å². The van der Waals surface area contributed by atoms with Gasteiger partial charge in [-0.1, -0.05) is 6.92 Å². The first-order valence-electron chi connectivity index (χ1n) is 6.72. The molecule has 2 heterocycles. The number of aromatic nitrogens is 2. The monoisotopic (exact) mass is 303 g/mol. The zero-order chi connectivity index (χ0) is 16.4. The number of aromatic amines is 1. The number of aromatic hydroxyl groups is 1. The summed E-state index contributed by atoms with van der Waals surface area (Å²) in [5.74, 6) is -1.21. The highest BCUT2D eigenvalue weighted by Gasteiger charge is 2.21. The molecule has 0 radical (unpaired) electrons. The Hall–Kier alpha value is -2.83. The van der Waals surface area contributed by atoms with Crippen molar-refractivity contribution in [1.82, 2.24) is 9.97 Å². The normalized spacial score (nSPS) is 10.5. The van der Waals surface area contributed by atoms with Gasteiger partial charge in [0, 0.05) is 31.4 Å². The van der Waals surface area contributed by atoms with E-state index in [2.05, 4.69) is 9.97 Å². The summed E-state index contributed by atoms with van der Waals surface area (Å²) in [4.78, 5) is 31.6. The fourth-order valence-electron chi connectivity index (χ4n) is 2.22. The smallest absolute Gasteiger partial charge is 0.345 e. The minimum Gasteiger partial charge on any atom is -0.506 e. The lowest BCUT2D eigenvalue weighted by Gasteiger charge is -2.14. The number of H-pyrrole nitrogens is 1. The van der Waals surface area contributed by atoms with Crippen LogP contribution >= 0.6 is 0 Å². The van der Waals surface area contributed by atoms with Gasteiger partial charge in [0.1, 0.15) is 11.6 Å². The van der Waals surface area contributed by atoms with E-state index in [4.69, 9.17) is 5.11 Å². The fraction of sp³-hybridized carbons (Fsp3) is 0.267. The van der Waals surface area contributed by atoms with E-state index in [1.165, 1.54) is 0 Å². The van der Waals surface area contributed by atoms with Gasteiger partial charge in [0.15, 0.2) is 5.56 Å². The number of hydrogen-bond acceptors (Lipinski definition) is 5. The Morgan fingerprint density at radius 2 is 2.05 bits per heavy atom. The molecule has 3 N–H and O–H groups in total. The first kappa shape index (κ1) is 15.6. The molecule has 0 saturated carbocycles. The average Bonchev–Trinajstić information content (AvgIpc) is 2.46. The lowest BCUT2D eigenvalue weighted by atomic mass is 10.0. The third-order valence-corrected chi connectivity index (χ3v) is 3.35. The van der Waals surface area contributed by atoms with Gasteiger partial charge in [-0.2, -0.15) is 0 Å². The Kier molecular flexibility index (Phi) is 4.16. The van der Waals surface area contributed by atoms with E-state index in [0.29, 0.717) is 23.2 Å². The standard InChI is InChI=1S/C15H17N3O4/c1-4-9-12(8-5-6-10(16-7-8)18(2)3)17-14(20)11(13(9)19)15(21)22/h5-7H,4H2,1-3H3,(H,21,22)(H2,17,19,20). The molecule has 2 rings (SSSR count). The summed E-state index contributed by atoms with van der Waals surface area (Å²) in [6, 6.07) is 3.53. The number of hydrogen-bond donors (Lipinski definition) is 3. The molecule has 2 aromatic heterocycles. The predicted molar refractivity (Wildman–Crippen MR) is 82.6 cm³/mol. The number of nitrogens with zero attached hydrogens (tertiary/aromatic N) is 2. The van der Waals surface area contributed by atoms with Crippen molar-refractivity contribution in [3.05, 3.63) is 39.8 Å². The number of aromatic carboxylic acids is 1. The van der Waals surface area contributed by atoms with Gasteiger partial charge in [-0.05, 0) is 18.6 Å². The molecule has 0 amide bonds. The summed E-state index contributed by atoms with van der Waals surface area (Å²) in [7, 11) is 3.71. The average molecular weight is 303 g/mol. The third-order valence-electron chi connectivity index (χ3n) is 3.35. The number of carboxylic acids is 1. The maximum Gasteiger partial charge on any atom is 0.345 e. The summed E-state index contributed by atoms with van der Waals surface area (Å²) < 4.78 is 0. The number of pyridine rings is 2. The van der Waals surface area contributed by atoms with Crippen molar-refractivity contribution in [3.63, 3.8) is 0 Å². The van der Waals surface area contributed by atoms with E-state index in [1.54, 1.807) is 25.3 Å². The summed E-state index contributed by atoms with van der Waals surface area (Å²) in [5, 5.41) is 19.1. The zero-order valence-corrected chi connectivity index (χ0v) is 12.5. The van der Waals surface area contributed by atoms with E-state index < -0.39 is 22.8 Å². The Morgan fingerprint density at radius 3 is 2.50 bits per heavy atom. The van der Waals surface area contributed by atoms with Crippen molar-refractivity contribution in [2.45, 2.75) is 13.3 Å². The molecule has 0 saturated heterocycles. The van der Waals surface area contributed by atoms with Crippen LogP contribution < -0.4 is 10.5 Å². The molecule has 0 atom stereocenters. The largest absolute Gasteiger partial charge is 0.506 e. The van der Waals surface area contributed by atoms with Gasteiger partial charge in [-0.15, -0.1) is 0 Å². The number of carbonyl (C=O) groups is 1. The summed E-state index contributed by atoms with van der Waals surface area (Å²) in [6.07, 6.45) is 1.94. The number of carboxylic acid groups (broad SMARTS) is 1. The van der Waals surface area contributed by atoms with Gasteiger partial charge in [0.2, 0.25) is 0 Å². The van der Waals surface area contributed by atoms with Gasteiger partial charge >= 0.3 is 5.97 Å². The van der Waals surface area contributed by atoms with Crippen molar-refractivity contribution in [2.24, 2.45) is 0 Å². The SMILES string of the molecule is CCc1c(-c2ccc(N(C)C)nc2)[nH]c(=O)c(C(=O)O)c1O. The molecule has 7 nitrogen and oxygen atoms in total. The number of anilines is 1. The quantitative estimate of drug-likeness (QED) is 0.789. The Labute approximate surface area is 126 Å². The summed E-state index contributed by atoms with van der Waals surface area (Å²) in [5.41, 5.74) is -0.122. The van der Waals surface area contributed by atoms with Crippen molar-refractivity contribution in [2.75, 3.05) is 19.0 Å². The molecule has 116 valence electrons. The second-order valence-corrected chi connectivity index (χ2v) is 4.99. The summed E-state index contributed by atoms with van der Waals surface area (Å²) in [6.45, 7) is 1.77. The highest BCUT2D eigenvalue weighted by Crippen LogP contribution is 2.29. The molecule has 0 fully saturated rings. The van der Waals surface area contributed by atoms with Crippen LogP contribution in [0, 0.1) is 0 Å². The van der Waals surface area contributed by atoms with Crippen LogP contribution in [-0.2, 0) is 6.42 Å². The highest BCUT2D eigenvalue weighted by atomic mass is 16.4. The molecule has 2 aromatic rings. The fourth-order valence-corrected chi connectivity index (χ4v) is 2.22. The van der Waals surface area contributed by atoms with E-state index >= 15 is 0 Å². The maximum atomic E-state index is 11.9. The lowest BCUT2D eigenvalue weighted by molar-refractivity contribution is 0.0691.